The molecule has 4 rings (SSSR count). The van der Waals surface area contributed by atoms with Crippen molar-refractivity contribution in [2.75, 3.05) is 7.11 Å². The van der Waals surface area contributed by atoms with Crippen LogP contribution in [0.4, 0.5) is 0 Å². The lowest BCUT2D eigenvalue weighted by molar-refractivity contribution is 0.113. The number of benzene rings is 2. The molecule has 0 aliphatic heterocycles. The van der Waals surface area contributed by atoms with E-state index in [1.807, 2.05) is 61.5 Å². The molecule has 2 aromatic carbocycles. The molecule has 2 unspecified atom stereocenters. The van der Waals surface area contributed by atoms with Gasteiger partial charge in [-0.2, -0.15) is 0 Å². The van der Waals surface area contributed by atoms with Gasteiger partial charge in [0.2, 0.25) is 11.6 Å². The number of aromatic nitrogens is 2. The monoisotopic (exact) mass is 404 g/mol. The van der Waals surface area contributed by atoms with Crippen molar-refractivity contribution < 1.29 is 19.0 Å². The standard InChI is InChI=1S/C24H24N2O4/c1-15(27)13-16(2)29-23-21-20(17-9-11-19(28-3)12-10-17)22(18-7-5-4-6-8-18)30-24(21)26-14-25-23/h4-12,14-16,27H,13H2,1-3H3. The van der Waals surface area contributed by atoms with Gasteiger partial charge in [0.25, 0.3) is 0 Å². The quantitative estimate of drug-likeness (QED) is 0.462. The fraction of sp³-hybridized carbons (Fsp3) is 0.250. The van der Waals surface area contributed by atoms with Gasteiger partial charge in [-0.25, -0.2) is 9.97 Å². The molecule has 6 heteroatoms. The highest BCUT2D eigenvalue weighted by atomic mass is 16.5. The zero-order valence-electron chi connectivity index (χ0n) is 17.2. The Balaban J connectivity index is 1.92. The predicted octanol–water partition coefficient (Wildman–Crippen LogP) is 5.10. The summed E-state index contributed by atoms with van der Waals surface area (Å²) in [4.78, 5) is 8.73. The summed E-state index contributed by atoms with van der Waals surface area (Å²) in [6, 6.07) is 17.7. The van der Waals surface area contributed by atoms with E-state index in [1.54, 1.807) is 14.0 Å². The van der Waals surface area contributed by atoms with Crippen LogP contribution in [0.5, 0.6) is 11.6 Å². The number of aliphatic hydroxyl groups is 1. The predicted molar refractivity (Wildman–Crippen MR) is 116 cm³/mol. The smallest absolute Gasteiger partial charge is 0.234 e. The van der Waals surface area contributed by atoms with Gasteiger partial charge >= 0.3 is 0 Å². The molecule has 30 heavy (non-hydrogen) atoms. The van der Waals surface area contributed by atoms with Gasteiger partial charge in [-0.1, -0.05) is 42.5 Å². The molecule has 154 valence electrons. The highest BCUT2D eigenvalue weighted by Gasteiger charge is 2.24. The molecule has 0 amide bonds. The number of aliphatic hydroxyl groups excluding tert-OH is 1. The molecule has 2 atom stereocenters. The highest BCUT2D eigenvalue weighted by molar-refractivity contribution is 6.03. The number of hydrogen-bond donors (Lipinski definition) is 1. The van der Waals surface area contributed by atoms with Crippen LogP contribution in [0.3, 0.4) is 0 Å². The summed E-state index contributed by atoms with van der Waals surface area (Å²) in [5.74, 6) is 1.90. The van der Waals surface area contributed by atoms with E-state index in [1.165, 1.54) is 6.33 Å². The van der Waals surface area contributed by atoms with Crippen LogP contribution < -0.4 is 9.47 Å². The van der Waals surface area contributed by atoms with E-state index < -0.39 is 6.10 Å². The molecule has 0 spiro atoms. The second-order valence-corrected chi connectivity index (χ2v) is 7.27. The molecule has 0 bridgehead atoms. The number of hydrogen-bond acceptors (Lipinski definition) is 6. The Bertz CT molecular complexity index is 1120. The summed E-state index contributed by atoms with van der Waals surface area (Å²) in [6.07, 6.45) is 1.24. The van der Waals surface area contributed by atoms with Crippen LogP contribution in [-0.2, 0) is 0 Å². The Morgan fingerprint density at radius 2 is 1.70 bits per heavy atom. The molecule has 0 fully saturated rings. The third kappa shape index (κ3) is 4.00. The maximum Gasteiger partial charge on any atom is 0.234 e. The second kappa shape index (κ2) is 8.55. The van der Waals surface area contributed by atoms with Crippen LogP contribution >= 0.6 is 0 Å². The number of furan rings is 1. The van der Waals surface area contributed by atoms with Gasteiger partial charge in [0.15, 0.2) is 0 Å². The van der Waals surface area contributed by atoms with Crippen molar-refractivity contribution in [1.82, 2.24) is 9.97 Å². The van der Waals surface area contributed by atoms with Crippen LogP contribution in [-0.4, -0.2) is 34.4 Å². The van der Waals surface area contributed by atoms with E-state index in [2.05, 4.69) is 9.97 Å². The fourth-order valence-electron chi connectivity index (χ4n) is 3.54. The van der Waals surface area contributed by atoms with Crippen LogP contribution in [0.2, 0.25) is 0 Å². The molecule has 2 aromatic heterocycles. The number of methoxy groups -OCH3 is 1. The molecular weight excluding hydrogens is 380 g/mol. The Labute approximate surface area is 175 Å². The van der Waals surface area contributed by atoms with Gasteiger partial charge in [0.1, 0.15) is 29.3 Å². The van der Waals surface area contributed by atoms with E-state index in [0.717, 1.165) is 22.4 Å². The summed E-state index contributed by atoms with van der Waals surface area (Å²) in [5, 5.41) is 10.4. The minimum Gasteiger partial charge on any atom is -0.497 e. The molecule has 0 saturated heterocycles. The van der Waals surface area contributed by atoms with Crippen LogP contribution in [0.15, 0.2) is 65.3 Å². The molecule has 4 aromatic rings. The molecule has 0 aliphatic rings. The average molecular weight is 404 g/mol. The summed E-state index contributed by atoms with van der Waals surface area (Å²) < 4.78 is 17.6. The zero-order chi connectivity index (χ0) is 21.1. The van der Waals surface area contributed by atoms with Crippen molar-refractivity contribution in [2.45, 2.75) is 32.5 Å². The molecule has 0 saturated carbocycles. The molecular formula is C24H24N2O4. The van der Waals surface area contributed by atoms with Gasteiger partial charge in [0.05, 0.1) is 13.2 Å². The third-order valence-corrected chi connectivity index (χ3v) is 4.85. The van der Waals surface area contributed by atoms with Crippen molar-refractivity contribution in [1.29, 1.82) is 0 Å². The van der Waals surface area contributed by atoms with Gasteiger partial charge in [-0.15, -0.1) is 0 Å². The number of ether oxygens (including phenoxy) is 2. The zero-order valence-corrected chi connectivity index (χ0v) is 17.2. The van der Waals surface area contributed by atoms with Crippen LogP contribution in [0, 0.1) is 0 Å². The second-order valence-electron chi connectivity index (χ2n) is 7.27. The molecule has 2 heterocycles. The average Bonchev–Trinajstić information content (AvgIpc) is 3.14. The first-order chi connectivity index (χ1) is 14.6. The van der Waals surface area contributed by atoms with Gasteiger partial charge in [-0.05, 0) is 31.5 Å². The summed E-state index contributed by atoms with van der Waals surface area (Å²) in [6.45, 7) is 3.65. The first kappa shape index (κ1) is 19.9. The maximum atomic E-state index is 9.71. The van der Waals surface area contributed by atoms with Gasteiger partial charge in [-0.3, -0.25) is 0 Å². The number of fused-ring (bicyclic) bond motifs is 1. The van der Waals surface area contributed by atoms with Crippen LogP contribution in [0.25, 0.3) is 33.6 Å². The summed E-state index contributed by atoms with van der Waals surface area (Å²) >= 11 is 0. The topological polar surface area (TPSA) is 77.6 Å². The third-order valence-electron chi connectivity index (χ3n) is 4.85. The molecule has 1 N–H and O–H groups in total. The van der Waals surface area contributed by atoms with E-state index in [-0.39, 0.29) is 6.10 Å². The maximum absolute atomic E-state index is 9.71. The lowest BCUT2D eigenvalue weighted by atomic mass is 9.99. The Kier molecular flexibility index (Phi) is 5.68. The largest absolute Gasteiger partial charge is 0.497 e. The fourth-order valence-corrected chi connectivity index (χ4v) is 3.54. The lowest BCUT2D eigenvalue weighted by Gasteiger charge is -2.16. The van der Waals surface area contributed by atoms with Crippen molar-refractivity contribution in [3.05, 3.63) is 60.9 Å². The minimum atomic E-state index is -0.470. The van der Waals surface area contributed by atoms with Gasteiger partial charge in [0, 0.05) is 17.5 Å². The SMILES string of the molecule is COc1ccc(-c2c(-c3ccccc3)oc3ncnc(OC(C)CC(C)O)c23)cc1. The molecule has 0 radical (unpaired) electrons. The Morgan fingerprint density at radius 3 is 2.37 bits per heavy atom. The van der Waals surface area contributed by atoms with Crippen molar-refractivity contribution in [3.8, 4) is 34.1 Å². The summed E-state index contributed by atoms with van der Waals surface area (Å²) in [7, 11) is 1.64. The van der Waals surface area contributed by atoms with E-state index >= 15 is 0 Å². The lowest BCUT2D eigenvalue weighted by Crippen LogP contribution is -2.18. The van der Waals surface area contributed by atoms with Gasteiger partial charge < -0.3 is 19.0 Å². The number of nitrogens with zero attached hydrogens (tertiary/aromatic N) is 2. The number of rotatable bonds is 7. The minimum absolute atomic E-state index is 0.220. The van der Waals surface area contributed by atoms with Crippen LogP contribution in [0.1, 0.15) is 20.3 Å². The summed E-state index contributed by atoms with van der Waals surface area (Å²) in [5.41, 5.74) is 3.19. The Hall–Kier alpha value is -3.38. The first-order valence-electron chi connectivity index (χ1n) is 9.89. The van der Waals surface area contributed by atoms with Crippen molar-refractivity contribution in [3.63, 3.8) is 0 Å². The van der Waals surface area contributed by atoms with E-state index in [9.17, 15) is 5.11 Å². The first-order valence-corrected chi connectivity index (χ1v) is 9.89. The Morgan fingerprint density at radius 1 is 0.967 bits per heavy atom. The molecule has 0 aliphatic carbocycles. The van der Waals surface area contributed by atoms with E-state index in [0.29, 0.717) is 29.2 Å². The van der Waals surface area contributed by atoms with Crippen molar-refractivity contribution >= 4 is 11.1 Å². The normalized spacial score (nSPS) is 13.2. The van der Waals surface area contributed by atoms with E-state index in [4.69, 9.17) is 13.9 Å². The molecule has 6 nitrogen and oxygen atoms in total. The highest BCUT2D eigenvalue weighted by Crippen LogP contribution is 2.43. The van der Waals surface area contributed by atoms with Crippen molar-refractivity contribution in [2.24, 2.45) is 0 Å².